The van der Waals surface area contributed by atoms with E-state index < -0.39 is 15.9 Å². The van der Waals surface area contributed by atoms with Crippen LogP contribution in [0, 0.1) is 0 Å². The number of hydrogen-bond donors (Lipinski definition) is 1. The fourth-order valence-electron chi connectivity index (χ4n) is 3.15. The molecule has 3 rings (SSSR count). The summed E-state index contributed by atoms with van der Waals surface area (Å²) >= 11 is 3.31. The summed E-state index contributed by atoms with van der Waals surface area (Å²) in [6, 6.07) is 23.0. The van der Waals surface area contributed by atoms with Crippen molar-refractivity contribution in [2.24, 2.45) is 5.10 Å². The van der Waals surface area contributed by atoms with E-state index in [1.807, 2.05) is 30.3 Å². The minimum atomic E-state index is -3.90. The molecule has 0 saturated heterocycles. The highest BCUT2D eigenvalue weighted by molar-refractivity contribution is 9.10. The Balaban J connectivity index is 1.70. The van der Waals surface area contributed by atoms with Gasteiger partial charge in [-0.1, -0.05) is 71.0 Å². The normalized spacial score (nSPS) is 11.5. The summed E-state index contributed by atoms with van der Waals surface area (Å²) in [5.41, 5.74) is 4.11. The minimum absolute atomic E-state index is 0.112. The Morgan fingerprint density at radius 2 is 1.80 bits per heavy atom. The van der Waals surface area contributed by atoms with Crippen molar-refractivity contribution >= 4 is 38.1 Å². The van der Waals surface area contributed by atoms with Crippen molar-refractivity contribution in [1.29, 1.82) is 0 Å². The molecule has 0 unspecified atom stereocenters. The standard InChI is InChI=1S/C26H26BrN3O4S/c1-2-17-34-24-10-6-9-22(18-24)19-28-29-26(31)20-30(16-15-21-7-4-3-5-8-21)35(32,33)25-13-11-23(27)12-14-25/h2-14,18-19H,1,15-17,20H2,(H,29,31)/b28-19+. The zero-order valence-corrected chi connectivity index (χ0v) is 21.4. The minimum Gasteiger partial charge on any atom is -0.490 e. The number of ether oxygens (including phenoxy) is 1. The maximum atomic E-state index is 13.3. The number of hydrogen-bond acceptors (Lipinski definition) is 5. The second-order valence-electron chi connectivity index (χ2n) is 7.49. The van der Waals surface area contributed by atoms with Crippen molar-refractivity contribution in [2.75, 3.05) is 19.7 Å². The predicted octanol–water partition coefficient (Wildman–Crippen LogP) is 4.40. The molecular weight excluding hydrogens is 530 g/mol. The molecule has 0 fully saturated rings. The Hall–Kier alpha value is -3.27. The number of nitrogens with one attached hydrogen (secondary N) is 1. The number of carbonyl (C=O) groups excluding carboxylic acids is 1. The molecule has 35 heavy (non-hydrogen) atoms. The molecular formula is C26H26BrN3O4S. The van der Waals surface area contributed by atoms with Gasteiger partial charge in [-0.25, -0.2) is 13.8 Å². The average molecular weight is 556 g/mol. The molecule has 0 radical (unpaired) electrons. The van der Waals surface area contributed by atoms with Crippen LogP contribution < -0.4 is 10.2 Å². The molecule has 0 bridgehead atoms. The van der Waals surface area contributed by atoms with Crippen LogP contribution in [0.15, 0.2) is 106 Å². The molecule has 1 amide bonds. The maximum Gasteiger partial charge on any atom is 0.255 e. The van der Waals surface area contributed by atoms with Gasteiger partial charge in [-0.2, -0.15) is 9.41 Å². The summed E-state index contributed by atoms with van der Waals surface area (Å²) in [4.78, 5) is 12.7. The fraction of sp³-hybridized carbons (Fsp3) is 0.154. The van der Waals surface area contributed by atoms with Gasteiger partial charge in [-0.05, 0) is 53.9 Å². The van der Waals surface area contributed by atoms with Crippen molar-refractivity contribution in [1.82, 2.24) is 9.73 Å². The predicted molar refractivity (Wildman–Crippen MR) is 141 cm³/mol. The zero-order chi connectivity index (χ0) is 25.1. The van der Waals surface area contributed by atoms with Crippen molar-refractivity contribution in [3.8, 4) is 5.75 Å². The number of amides is 1. The van der Waals surface area contributed by atoms with Crippen molar-refractivity contribution < 1.29 is 17.9 Å². The van der Waals surface area contributed by atoms with Crippen LogP contribution in [0.1, 0.15) is 11.1 Å². The maximum absolute atomic E-state index is 13.3. The van der Waals surface area contributed by atoms with E-state index in [1.54, 1.807) is 42.5 Å². The largest absolute Gasteiger partial charge is 0.490 e. The van der Waals surface area contributed by atoms with Crippen LogP contribution in [-0.2, 0) is 21.2 Å². The summed E-state index contributed by atoms with van der Waals surface area (Å²) in [5.74, 6) is 0.0990. The van der Waals surface area contributed by atoms with Gasteiger partial charge in [0.15, 0.2) is 0 Å². The lowest BCUT2D eigenvalue weighted by Gasteiger charge is -2.21. The second kappa shape index (κ2) is 13.0. The topological polar surface area (TPSA) is 88.1 Å². The van der Waals surface area contributed by atoms with Gasteiger partial charge >= 0.3 is 0 Å². The lowest BCUT2D eigenvalue weighted by atomic mass is 10.1. The van der Waals surface area contributed by atoms with E-state index in [4.69, 9.17) is 4.74 Å². The Kier molecular flexibility index (Phi) is 9.77. The van der Waals surface area contributed by atoms with E-state index in [2.05, 4.69) is 33.0 Å². The Morgan fingerprint density at radius 3 is 2.51 bits per heavy atom. The molecule has 0 saturated carbocycles. The summed E-state index contributed by atoms with van der Waals surface area (Å²) in [7, 11) is -3.90. The lowest BCUT2D eigenvalue weighted by molar-refractivity contribution is -0.121. The molecule has 0 spiro atoms. The average Bonchev–Trinajstić information content (AvgIpc) is 2.86. The van der Waals surface area contributed by atoms with Crippen LogP contribution in [-0.4, -0.2) is 44.5 Å². The van der Waals surface area contributed by atoms with Gasteiger partial charge in [-0.15, -0.1) is 0 Å². The number of rotatable bonds is 12. The van der Waals surface area contributed by atoms with Crippen molar-refractivity contribution in [2.45, 2.75) is 11.3 Å². The number of benzene rings is 3. The number of halogens is 1. The molecule has 1 N–H and O–H groups in total. The molecule has 0 aliphatic rings. The van der Waals surface area contributed by atoms with Crippen LogP contribution >= 0.6 is 15.9 Å². The smallest absolute Gasteiger partial charge is 0.255 e. The quantitative estimate of drug-likeness (QED) is 0.204. The number of sulfonamides is 1. The van der Waals surface area contributed by atoms with Gasteiger partial charge in [0.2, 0.25) is 10.0 Å². The van der Waals surface area contributed by atoms with Gasteiger partial charge < -0.3 is 4.74 Å². The first-order valence-corrected chi connectivity index (χ1v) is 13.1. The molecule has 3 aromatic rings. The van der Waals surface area contributed by atoms with E-state index in [0.29, 0.717) is 18.8 Å². The monoisotopic (exact) mass is 555 g/mol. The first-order valence-electron chi connectivity index (χ1n) is 10.8. The first-order chi connectivity index (χ1) is 16.9. The molecule has 0 atom stereocenters. The third-order valence-corrected chi connectivity index (χ3v) is 7.28. The Morgan fingerprint density at radius 1 is 1.06 bits per heavy atom. The lowest BCUT2D eigenvalue weighted by Crippen LogP contribution is -2.40. The van der Waals surface area contributed by atoms with Gasteiger partial charge in [0.1, 0.15) is 12.4 Å². The van der Waals surface area contributed by atoms with E-state index in [0.717, 1.165) is 19.9 Å². The highest BCUT2D eigenvalue weighted by Gasteiger charge is 2.26. The summed E-state index contributed by atoms with van der Waals surface area (Å²) in [5, 5.41) is 3.97. The second-order valence-corrected chi connectivity index (χ2v) is 10.3. The highest BCUT2D eigenvalue weighted by atomic mass is 79.9. The summed E-state index contributed by atoms with van der Waals surface area (Å²) in [6.45, 7) is 3.76. The number of nitrogens with zero attached hydrogens (tertiary/aromatic N) is 2. The molecule has 9 heteroatoms. The van der Waals surface area contributed by atoms with Crippen LogP contribution in [0.3, 0.4) is 0 Å². The third-order valence-electron chi connectivity index (χ3n) is 4.89. The SMILES string of the molecule is C=CCOc1cccc(/C=N/NC(=O)CN(CCc2ccccc2)S(=O)(=O)c2ccc(Br)cc2)c1. The molecule has 182 valence electrons. The van der Waals surface area contributed by atoms with E-state index in [9.17, 15) is 13.2 Å². The third kappa shape index (κ3) is 8.17. The summed E-state index contributed by atoms with van der Waals surface area (Å²) < 4.78 is 34.0. The van der Waals surface area contributed by atoms with Gasteiger partial charge in [0, 0.05) is 11.0 Å². The zero-order valence-electron chi connectivity index (χ0n) is 19.0. The van der Waals surface area contributed by atoms with Gasteiger partial charge in [0.25, 0.3) is 5.91 Å². The van der Waals surface area contributed by atoms with Gasteiger partial charge in [-0.3, -0.25) is 4.79 Å². The molecule has 0 aliphatic carbocycles. The van der Waals surface area contributed by atoms with Crippen molar-refractivity contribution in [3.05, 3.63) is 107 Å². The van der Waals surface area contributed by atoms with Crippen LogP contribution in [0.25, 0.3) is 0 Å². The highest BCUT2D eigenvalue weighted by Crippen LogP contribution is 2.19. The van der Waals surface area contributed by atoms with Crippen molar-refractivity contribution in [3.63, 3.8) is 0 Å². The van der Waals surface area contributed by atoms with E-state index in [1.165, 1.54) is 18.3 Å². The van der Waals surface area contributed by atoms with Gasteiger partial charge in [0.05, 0.1) is 17.7 Å². The molecule has 0 aromatic heterocycles. The molecule has 7 nitrogen and oxygen atoms in total. The fourth-order valence-corrected chi connectivity index (χ4v) is 4.81. The number of carbonyl (C=O) groups is 1. The van der Waals surface area contributed by atoms with E-state index in [-0.39, 0.29) is 18.0 Å². The van der Waals surface area contributed by atoms with Crippen LogP contribution in [0.5, 0.6) is 5.75 Å². The van der Waals surface area contributed by atoms with Crippen LogP contribution in [0.2, 0.25) is 0 Å². The molecule has 3 aromatic carbocycles. The number of hydrazone groups is 1. The Bertz CT molecular complexity index is 1260. The van der Waals surface area contributed by atoms with E-state index >= 15 is 0 Å². The Labute approximate surface area is 214 Å². The summed E-state index contributed by atoms with van der Waals surface area (Å²) in [6.07, 6.45) is 3.58. The molecule has 0 heterocycles. The molecule has 0 aliphatic heterocycles. The first kappa shape index (κ1) is 26.3. The van der Waals surface area contributed by atoms with Crippen LogP contribution in [0.4, 0.5) is 0 Å².